The molecule has 1 aromatic carbocycles. The van der Waals surface area contributed by atoms with Gasteiger partial charge in [-0.2, -0.15) is 5.10 Å². The molecule has 1 unspecified atom stereocenters. The Labute approximate surface area is 114 Å². The van der Waals surface area contributed by atoms with Gasteiger partial charge in [0.25, 0.3) is 0 Å². The number of nitrogens with two attached hydrogens (primary N) is 1. The van der Waals surface area contributed by atoms with Crippen LogP contribution in [0.1, 0.15) is 16.5 Å². The van der Waals surface area contributed by atoms with E-state index in [4.69, 9.17) is 5.73 Å². The molecule has 2 N–H and O–H groups in total. The highest BCUT2D eigenvalue weighted by Crippen LogP contribution is 2.30. The monoisotopic (exact) mass is 275 g/mol. The number of fused-ring (bicyclic) bond motifs is 1. The molecule has 98 valence electrons. The summed E-state index contributed by atoms with van der Waals surface area (Å²) in [6.45, 7) is 0. The van der Waals surface area contributed by atoms with Crippen LogP contribution in [0, 0.1) is 5.82 Å². The van der Waals surface area contributed by atoms with Crippen LogP contribution in [0.2, 0.25) is 0 Å². The van der Waals surface area contributed by atoms with Gasteiger partial charge in [-0.05, 0) is 35.6 Å². The Hall–Kier alpha value is -1.72. The number of benzene rings is 1. The molecule has 0 saturated heterocycles. The maximum Gasteiger partial charge on any atom is 0.124 e. The molecule has 0 fully saturated rings. The van der Waals surface area contributed by atoms with Crippen LogP contribution >= 0.6 is 11.3 Å². The van der Waals surface area contributed by atoms with E-state index in [0.29, 0.717) is 0 Å². The second-order valence-corrected chi connectivity index (χ2v) is 5.78. The van der Waals surface area contributed by atoms with Gasteiger partial charge in [0.05, 0.1) is 6.20 Å². The molecule has 19 heavy (non-hydrogen) atoms. The largest absolute Gasteiger partial charge is 0.323 e. The van der Waals surface area contributed by atoms with Gasteiger partial charge < -0.3 is 5.73 Å². The normalized spacial score (nSPS) is 13.0. The summed E-state index contributed by atoms with van der Waals surface area (Å²) in [6, 6.07) is 6.79. The fourth-order valence-corrected chi connectivity index (χ4v) is 3.23. The Morgan fingerprint density at radius 2 is 2.26 bits per heavy atom. The molecule has 5 heteroatoms. The fourth-order valence-electron chi connectivity index (χ4n) is 2.14. The summed E-state index contributed by atoms with van der Waals surface area (Å²) in [6.07, 6.45) is 4.53. The third-order valence-corrected chi connectivity index (χ3v) is 4.31. The highest BCUT2D eigenvalue weighted by molar-refractivity contribution is 7.19. The first kappa shape index (κ1) is 12.3. The molecule has 0 amide bonds. The minimum absolute atomic E-state index is 0.0790. The van der Waals surface area contributed by atoms with Gasteiger partial charge in [-0.1, -0.05) is 6.07 Å². The van der Waals surface area contributed by atoms with E-state index >= 15 is 0 Å². The smallest absolute Gasteiger partial charge is 0.124 e. The van der Waals surface area contributed by atoms with Gasteiger partial charge >= 0.3 is 0 Å². The van der Waals surface area contributed by atoms with Crippen LogP contribution in [0.3, 0.4) is 0 Å². The first-order valence-electron chi connectivity index (χ1n) is 6.04. The molecule has 0 bridgehead atoms. The van der Waals surface area contributed by atoms with Crippen molar-refractivity contribution >= 4 is 21.4 Å². The quantitative estimate of drug-likeness (QED) is 0.798. The van der Waals surface area contributed by atoms with E-state index in [-0.39, 0.29) is 11.9 Å². The Morgan fingerprint density at radius 1 is 1.42 bits per heavy atom. The average Bonchev–Trinajstić information content (AvgIpc) is 2.95. The van der Waals surface area contributed by atoms with Crippen molar-refractivity contribution in [2.75, 3.05) is 0 Å². The first-order chi connectivity index (χ1) is 9.11. The first-order valence-corrected chi connectivity index (χ1v) is 6.85. The van der Waals surface area contributed by atoms with Crippen molar-refractivity contribution in [3.8, 4) is 0 Å². The molecule has 1 atom stereocenters. The molecular formula is C14H14FN3S. The lowest BCUT2D eigenvalue weighted by atomic mass is 10.1. The molecule has 2 aromatic heterocycles. The Morgan fingerprint density at radius 3 is 3.00 bits per heavy atom. The van der Waals surface area contributed by atoms with Crippen LogP contribution < -0.4 is 5.73 Å². The summed E-state index contributed by atoms with van der Waals surface area (Å²) in [5, 5.41) is 5.18. The van der Waals surface area contributed by atoms with E-state index < -0.39 is 0 Å². The maximum absolute atomic E-state index is 13.2. The molecule has 0 aliphatic carbocycles. The van der Waals surface area contributed by atoms with Gasteiger partial charge in [0, 0.05) is 28.9 Å². The van der Waals surface area contributed by atoms with E-state index in [1.807, 2.05) is 25.5 Å². The highest BCUT2D eigenvalue weighted by Gasteiger charge is 2.12. The number of rotatable bonds is 3. The zero-order valence-corrected chi connectivity index (χ0v) is 11.3. The topological polar surface area (TPSA) is 43.8 Å². The van der Waals surface area contributed by atoms with Crippen molar-refractivity contribution in [1.82, 2.24) is 9.78 Å². The summed E-state index contributed by atoms with van der Waals surface area (Å²) >= 11 is 1.55. The molecule has 0 aliphatic rings. The van der Waals surface area contributed by atoms with Crippen LogP contribution in [-0.2, 0) is 13.5 Å². The summed E-state index contributed by atoms with van der Waals surface area (Å²) in [7, 11) is 1.89. The van der Waals surface area contributed by atoms with Crippen LogP contribution in [0.5, 0.6) is 0 Å². The number of halogens is 1. The van der Waals surface area contributed by atoms with Gasteiger partial charge in [0.2, 0.25) is 0 Å². The molecule has 0 radical (unpaired) electrons. The number of aromatic nitrogens is 2. The molecule has 0 aliphatic heterocycles. The van der Waals surface area contributed by atoms with E-state index in [9.17, 15) is 4.39 Å². The van der Waals surface area contributed by atoms with Crippen molar-refractivity contribution in [2.45, 2.75) is 12.5 Å². The lowest BCUT2D eigenvalue weighted by Gasteiger charge is -2.06. The third kappa shape index (κ3) is 2.52. The van der Waals surface area contributed by atoms with Gasteiger partial charge in [0.15, 0.2) is 0 Å². The lowest BCUT2D eigenvalue weighted by Crippen LogP contribution is -2.11. The lowest BCUT2D eigenvalue weighted by molar-refractivity contribution is 0.630. The molecular weight excluding hydrogens is 261 g/mol. The molecule has 3 rings (SSSR count). The van der Waals surface area contributed by atoms with E-state index in [0.717, 1.165) is 26.9 Å². The summed E-state index contributed by atoms with van der Waals surface area (Å²) in [5.74, 6) is -0.207. The van der Waals surface area contributed by atoms with Crippen molar-refractivity contribution < 1.29 is 4.39 Å². The Balaban J connectivity index is 1.86. The van der Waals surface area contributed by atoms with Crippen molar-refractivity contribution in [2.24, 2.45) is 12.8 Å². The van der Waals surface area contributed by atoms with Crippen LogP contribution in [0.15, 0.2) is 36.7 Å². The van der Waals surface area contributed by atoms with E-state index in [1.54, 1.807) is 28.2 Å². The van der Waals surface area contributed by atoms with Crippen molar-refractivity contribution in [3.05, 3.63) is 52.9 Å². The molecule has 3 nitrogen and oxygen atoms in total. The third-order valence-electron chi connectivity index (χ3n) is 3.08. The van der Waals surface area contributed by atoms with E-state index in [1.165, 1.54) is 6.07 Å². The van der Waals surface area contributed by atoms with Crippen molar-refractivity contribution in [3.63, 3.8) is 0 Å². The zero-order chi connectivity index (χ0) is 13.4. The standard InChI is InChI=1S/C14H14FN3S/c1-18-8-9(7-17-18)4-12(16)14-5-10-2-3-11(15)6-13(10)19-14/h2-3,5-8,12H,4,16H2,1H3. The summed E-state index contributed by atoms with van der Waals surface area (Å²) in [4.78, 5) is 1.07. The SMILES string of the molecule is Cn1cc(CC(N)c2cc3ccc(F)cc3s2)cn1. The number of thiophene rings is 1. The highest BCUT2D eigenvalue weighted by atomic mass is 32.1. The van der Waals surface area contributed by atoms with Gasteiger partial charge in [-0.3, -0.25) is 4.68 Å². The van der Waals surface area contributed by atoms with Crippen LogP contribution in [-0.4, -0.2) is 9.78 Å². The van der Waals surface area contributed by atoms with Gasteiger partial charge in [0.1, 0.15) is 5.82 Å². The Kier molecular flexibility index (Phi) is 3.08. The zero-order valence-electron chi connectivity index (χ0n) is 10.5. The summed E-state index contributed by atoms with van der Waals surface area (Å²) in [5.41, 5.74) is 7.33. The average molecular weight is 275 g/mol. The van der Waals surface area contributed by atoms with Crippen molar-refractivity contribution in [1.29, 1.82) is 0 Å². The minimum Gasteiger partial charge on any atom is -0.323 e. The maximum atomic E-state index is 13.2. The fraction of sp³-hybridized carbons (Fsp3) is 0.214. The molecule has 3 aromatic rings. The van der Waals surface area contributed by atoms with Crippen LogP contribution in [0.4, 0.5) is 4.39 Å². The molecule has 0 saturated carbocycles. The summed E-state index contributed by atoms with van der Waals surface area (Å²) < 4.78 is 15.9. The van der Waals surface area contributed by atoms with Crippen LogP contribution in [0.25, 0.3) is 10.1 Å². The molecule has 2 heterocycles. The van der Waals surface area contributed by atoms with Gasteiger partial charge in [-0.25, -0.2) is 4.39 Å². The van der Waals surface area contributed by atoms with Gasteiger partial charge in [-0.15, -0.1) is 11.3 Å². The van der Waals surface area contributed by atoms with E-state index in [2.05, 4.69) is 5.10 Å². The second-order valence-electron chi connectivity index (χ2n) is 4.66. The minimum atomic E-state index is -0.207. The predicted molar refractivity (Wildman–Crippen MR) is 75.6 cm³/mol. The predicted octanol–water partition coefficient (Wildman–Crippen LogP) is 3.02. The number of hydrogen-bond acceptors (Lipinski definition) is 3. The number of nitrogens with zero attached hydrogens (tertiary/aromatic N) is 2. The Bertz CT molecular complexity index is 716. The second kappa shape index (κ2) is 4.75. The molecule has 0 spiro atoms. The number of aryl methyl sites for hydroxylation is 1. The number of hydrogen-bond donors (Lipinski definition) is 1.